The van der Waals surface area contributed by atoms with E-state index in [0.29, 0.717) is 5.69 Å². The average Bonchev–Trinajstić information content (AvgIpc) is 3.17. The van der Waals surface area contributed by atoms with E-state index in [0.717, 1.165) is 9.46 Å². The highest BCUT2D eigenvalue weighted by atomic mass is 32.2. The zero-order valence-electron chi connectivity index (χ0n) is 18.2. The third-order valence-corrected chi connectivity index (χ3v) is 6.41. The molecule has 9 heteroatoms. The van der Waals surface area contributed by atoms with E-state index in [1.165, 1.54) is 38.5 Å². The molecule has 0 saturated carbocycles. The molecular weight excluding hydrogens is 426 g/mol. The second kappa shape index (κ2) is 8.51. The molecule has 4 rings (SSSR count). The van der Waals surface area contributed by atoms with Crippen molar-refractivity contribution in [1.29, 1.82) is 0 Å². The smallest absolute Gasteiger partial charge is 0.325 e. The van der Waals surface area contributed by atoms with Crippen molar-refractivity contribution in [3.8, 4) is 0 Å². The summed E-state index contributed by atoms with van der Waals surface area (Å²) in [6, 6.07) is 14.0. The molecule has 0 unspecified atom stereocenters. The van der Waals surface area contributed by atoms with Crippen LogP contribution in [0.5, 0.6) is 0 Å². The van der Waals surface area contributed by atoms with Crippen LogP contribution in [0.3, 0.4) is 0 Å². The topological polar surface area (TPSA) is 90.9 Å². The summed E-state index contributed by atoms with van der Waals surface area (Å²) < 4.78 is 3.75. The SMILES string of the molecule is Cc1ccc(Sc2ccc(NC(=O)Cn3cnc4c3c(=O)n(C)c(=O)n4C)cc2)c(C)c1. The monoisotopic (exact) mass is 449 g/mol. The number of carbonyl (C=O) groups is 1. The van der Waals surface area contributed by atoms with Gasteiger partial charge in [0.1, 0.15) is 6.54 Å². The van der Waals surface area contributed by atoms with Crippen molar-refractivity contribution in [2.75, 3.05) is 5.32 Å². The van der Waals surface area contributed by atoms with E-state index in [2.05, 4.69) is 42.3 Å². The van der Waals surface area contributed by atoms with Crippen molar-refractivity contribution in [3.05, 3.63) is 80.8 Å². The number of rotatable bonds is 5. The van der Waals surface area contributed by atoms with Crippen molar-refractivity contribution in [2.45, 2.75) is 30.2 Å². The number of hydrogen-bond donors (Lipinski definition) is 1. The van der Waals surface area contributed by atoms with E-state index >= 15 is 0 Å². The Morgan fingerprint density at radius 1 is 1.03 bits per heavy atom. The zero-order chi connectivity index (χ0) is 23.0. The van der Waals surface area contributed by atoms with Gasteiger partial charge in [-0.15, -0.1) is 0 Å². The van der Waals surface area contributed by atoms with Crippen LogP contribution in [0.2, 0.25) is 0 Å². The average molecular weight is 450 g/mol. The van der Waals surface area contributed by atoms with E-state index in [1.54, 1.807) is 18.8 Å². The molecule has 0 aliphatic rings. The number of nitrogens with one attached hydrogen (secondary N) is 1. The molecule has 2 heterocycles. The number of amides is 1. The molecule has 0 bridgehead atoms. The van der Waals surface area contributed by atoms with Crippen LogP contribution in [-0.4, -0.2) is 24.6 Å². The summed E-state index contributed by atoms with van der Waals surface area (Å²) in [5, 5.41) is 2.84. The molecular formula is C23H23N5O3S. The molecule has 0 spiro atoms. The molecule has 4 aromatic rings. The summed E-state index contributed by atoms with van der Waals surface area (Å²) in [4.78, 5) is 43.5. The Morgan fingerprint density at radius 3 is 2.44 bits per heavy atom. The lowest BCUT2D eigenvalue weighted by molar-refractivity contribution is -0.116. The fourth-order valence-corrected chi connectivity index (χ4v) is 4.40. The number of fused-ring (bicyclic) bond motifs is 1. The molecule has 0 fully saturated rings. The normalized spacial score (nSPS) is 11.1. The number of imidazole rings is 1. The van der Waals surface area contributed by atoms with Crippen molar-refractivity contribution in [1.82, 2.24) is 18.7 Å². The van der Waals surface area contributed by atoms with Gasteiger partial charge in [-0.25, -0.2) is 9.78 Å². The fourth-order valence-electron chi connectivity index (χ4n) is 3.52. The second-order valence-corrected chi connectivity index (χ2v) is 8.81. The maximum absolute atomic E-state index is 12.6. The van der Waals surface area contributed by atoms with Gasteiger partial charge >= 0.3 is 5.69 Å². The summed E-state index contributed by atoms with van der Waals surface area (Å²) >= 11 is 1.67. The quantitative estimate of drug-likeness (QED) is 0.506. The van der Waals surface area contributed by atoms with Gasteiger partial charge in [0.25, 0.3) is 5.56 Å². The summed E-state index contributed by atoms with van der Waals surface area (Å²) in [7, 11) is 2.94. The number of aromatic nitrogens is 4. The number of carbonyl (C=O) groups excluding carboxylic acids is 1. The number of nitrogens with zero attached hydrogens (tertiary/aromatic N) is 4. The van der Waals surface area contributed by atoms with Crippen LogP contribution in [0.25, 0.3) is 11.2 Å². The summed E-state index contributed by atoms with van der Waals surface area (Å²) in [5.74, 6) is -0.296. The molecule has 0 aliphatic carbocycles. The highest BCUT2D eigenvalue weighted by Crippen LogP contribution is 2.31. The third-order valence-electron chi connectivity index (χ3n) is 5.23. The first-order chi connectivity index (χ1) is 15.2. The Hall–Kier alpha value is -3.59. The van der Waals surface area contributed by atoms with Crippen molar-refractivity contribution in [2.24, 2.45) is 14.1 Å². The Balaban J connectivity index is 1.48. The lowest BCUT2D eigenvalue weighted by Crippen LogP contribution is -2.37. The number of aryl methyl sites for hydroxylation is 3. The van der Waals surface area contributed by atoms with Crippen LogP contribution < -0.4 is 16.6 Å². The Bertz CT molecular complexity index is 1450. The van der Waals surface area contributed by atoms with E-state index in [-0.39, 0.29) is 23.6 Å². The van der Waals surface area contributed by atoms with Gasteiger partial charge in [-0.05, 0) is 49.7 Å². The van der Waals surface area contributed by atoms with Crippen molar-refractivity contribution >= 4 is 34.5 Å². The molecule has 0 aliphatic heterocycles. The van der Waals surface area contributed by atoms with Gasteiger partial charge in [0.15, 0.2) is 11.2 Å². The molecule has 8 nitrogen and oxygen atoms in total. The first kappa shape index (κ1) is 21.6. The molecule has 0 atom stereocenters. The van der Waals surface area contributed by atoms with Gasteiger partial charge in [0.05, 0.1) is 6.33 Å². The van der Waals surface area contributed by atoms with Crippen LogP contribution >= 0.6 is 11.8 Å². The maximum Gasteiger partial charge on any atom is 0.332 e. The molecule has 1 amide bonds. The molecule has 2 aromatic heterocycles. The highest BCUT2D eigenvalue weighted by Gasteiger charge is 2.16. The summed E-state index contributed by atoms with van der Waals surface area (Å²) in [6.07, 6.45) is 1.40. The standard InChI is InChI=1S/C23H23N5O3S/c1-14-5-10-18(15(2)11-14)32-17-8-6-16(7-9-17)25-19(29)12-28-13-24-21-20(28)22(30)27(4)23(31)26(21)3/h5-11,13H,12H2,1-4H3,(H,25,29). The van der Waals surface area contributed by atoms with Crippen molar-refractivity contribution < 1.29 is 4.79 Å². The van der Waals surface area contributed by atoms with Crippen LogP contribution in [0.15, 0.2) is 68.2 Å². The lowest BCUT2D eigenvalue weighted by atomic mass is 10.2. The summed E-state index contributed by atoms with van der Waals surface area (Å²) in [6.45, 7) is 4.07. The van der Waals surface area contributed by atoms with Gasteiger partial charge in [-0.2, -0.15) is 0 Å². The van der Waals surface area contributed by atoms with E-state index < -0.39 is 11.2 Å². The second-order valence-electron chi connectivity index (χ2n) is 7.69. The minimum Gasteiger partial charge on any atom is -0.325 e. The third kappa shape index (κ3) is 4.11. The lowest BCUT2D eigenvalue weighted by Gasteiger charge is -2.09. The number of anilines is 1. The van der Waals surface area contributed by atoms with E-state index in [9.17, 15) is 14.4 Å². The van der Waals surface area contributed by atoms with Crippen molar-refractivity contribution in [3.63, 3.8) is 0 Å². The minimum atomic E-state index is -0.485. The first-order valence-corrected chi connectivity index (χ1v) is 10.8. The number of hydrogen-bond acceptors (Lipinski definition) is 5. The van der Waals surface area contributed by atoms with Crippen LogP contribution in [0, 0.1) is 13.8 Å². The highest BCUT2D eigenvalue weighted by molar-refractivity contribution is 7.99. The maximum atomic E-state index is 12.6. The van der Waals surface area contributed by atoms with E-state index in [4.69, 9.17) is 0 Å². The minimum absolute atomic E-state index is 0.0942. The molecule has 164 valence electrons. The van der Waals surface area contributed by atoms with Crippen LogP contribution in [0.1, 0.15) is 11.1 Å². The first-order valence-electron chi connectivity index (χ1n) is 10.0. The van der Waals surface area contributed by atoms with E-state index in [1.807, 2.05) is 24.3 Å². The molecule has 1 N–H and O–H groups in total. The zero-order valence-corrected chi connectivity index (χ0v) is 19.1. The predicted molar refractivity (Wildman–Crippen MR) is 125 cm³/mol. The molecule has 32 heavy (non-hydrogen) atoms. The van der Waals surface area contributed by atoms with Gasteiger partial charge in [-0.3, -0.25) is 18.7 Å². The summed E-state index contributed by atoms with van der Waals surface area (Å²) in [5.41, 5.74) is 2.63. The van der Waals surface area contributed by atoms with Gasteiger partial charge < -0.3 is 9.88 Å². The van der Waals surface area contributed by atoms with Gasteiger partial charge in [0, 0.05) is 29.6 Å². The predicted octanol–water partition coefficient (Wildman–Crippen LogP) is 2.84. The molecule has 0 radical (unpaired) electrons. The van der Waals surface area contributed by atoms with Gasteiger partial charge in [0.2, 0.25) is 5.91 Å². The largest absolute Gasteiger partial charge is 0.332 e. The molecule has 2 aromatic carbocycles. The Kier molecular flexibility index (Phi) is 5.75. The molecule has 0 saturated heterocycles. The fraction of sp³-hybridized carbons (Fsp3) is 0.217. The van der Waals surface area contributed by atoms with Crippen LogP contribution in [0.4, 0.5) is 5.69 Å². The Labute approximate surface area is 188 Å². The van der Waals surface area contributed by atoms with Gasteiger partial charge in [-0.1, -0.05) is 29.5 Å². The Morgan fingerprint density at radius 2 is 1.75 bits per heavy atom. The van der Waals surface area contributed by atoms with Crippen LogP contribution in [-0.2, 0) is 25.4 Å². The number of benzene rings is 2.